The lowest BCUT2D eigenvalue weighted by molar-refractivity contribution is -0.180. The fourth-order valence-corrected chi connectivity index (χ4v) is 1.50. The maximum Gasteiger partial charge on any atom is 0.417 e. The van der Waals surface area contributed by atoms with E-state index in [0.717, 1.165) is 12.8 Å². The summed E-state index contributed by atoms with van der Waals surface area (Å²) in [5, 5.41) is 8.29. The summed E-state index contributed by atoms with van der Waals surface area (Å²) in [5.41, 5.74) is -0.139. The van der Waals surface area contributed by atoms with Gasteiger partial charge in [-0.05, 0) is 6.42 Å². The average Bonchev–Trinajstić information content (AvgIpc) is 2.08. The Labute approximate surface area is 82.0 Å². The third kappa shape index (κ3) is 2.45. The molecule has 0 atom stereocenters. The number of hydrogen-bond donors (Lipinski definition) is 1. The number of carbonyl (C=O) groups excluding carboxylic acids is 1. The minimum Gasteiger partial charge on any atom is -0.473 e. The standard InChI is InChI=1S/C9H14O5/c1-2-3-9(4-13-5-9)6-14-8(12)7(10)11/h2-6H2,1H3,(H,10,11). The van der Waals surface area contributed by atoms with Crippen LogP contribution in [0.4, 0.5) is 0 Å². The molecule has 5 heteroatoms. The van der Waals surface area contributed by atoms with Gasteiger partial charge in [-0.15, -0.1) is 0 Å². The summed E-state index contributed by atoms with van der Waals surface area (Å²) in [6.45, 7) is 3.27. The van der Waals surface area contributed by atoms with Crippen LogP contribution in [0.1, 0.15) is 19.8 Å². The molecule has 1 heterocycles. The number of carboxylic acid groups (broad SMARTS) is 1. The molecule has 0 aromatic rings. The van der Waals surface area contributed by atoms with E-state index < -0.39 is 11.9 Å². The molecule has 14 heavy (non-hydrogen) atoms. The van der Waals surface area contributed by atoms with Crippen molar-refractivity contribution in [2.75, 3.05) is 19.8 Å². The van der Waals surface area contributed by atoms with Crippen molar-refractivity contribution in [3.63, 3.8) is 0 Å². The zero-order valence-corrected chi connectivity index (χ0v) is 8.12. The number of esters is 1. The summed E-state index contributed by atoms with van der Waals surface area (Å²) in [7, 11) is 0. The first-order valence-electron chi connectivity index (χ1n) is 4.57. The van der Waals surface area contributed by atoms with E-state index in [1.165, 1.54) is 0 Å². The highest BCUT2D eigenvalue weighted by Gasteiger charge is 2.39. The van der Waals surface area contributed by atoms with E-state index in [1.54, 1.807) is 0 Å². The van der Waals surface area contributed by atoms with Crippen molar-refractivity contribution in [3.05, 3.63) is 0 Å². The van der Waals surface area contributed by atoms with Crippen molar-refractivity contribution in [3.8, 4) is 0 Å². The second-order valence-corrected chi connectivity index (χ2v) is 3.62. The normalized spacial score (nSPS) is 18.4. The quantitative estimate of drug-likeness (QED) is 0.528. The van der Waals surface area contributed by atoms with Crippen molar-refractivity contribution in [2.45, 2.75) is 19.8 Å². The molecule has 0 aromatic heterocycles. The highest BCUT2D eigenvalue weighted by atomic mass is 16.6. The molecule has 0 aliphatic carbocycles. The van der Waals surface area contributed by atoms with E-state index in [0.29, 0.717) is 13.2 Å². The summed E-state index contributed by atoms with van der Waals surface area (Å²) in [5.74, 6) is -2.73. The smallest absolute Gasteiger partial charge is 0.417 e. The predicted molar refractivity (Wildman–Crippen MR) is 46.8 cm³/mol. The average molecular weight is 202 g/mol. The molecular formula is C9H14O5. The van der Waals surface area contributed by atoms with Crippen LogP contribution < -0.4 is 0 Å². The molecule has 0 unspecified atom stereocenters. The van der Waals surface area contributed by atoms with Crippen molar-refractivity contribution in [2.24, 2.45) is 5.41 Å². The number of carbonyl (C=O) groups is 2. The van der Waals surface area contributed by atoms with Crippen LogP contribution in [-0.2, 0) is 19.1 Å². The Bertz CT molecular complexity index is 231. The zero-order chi connectivity index (χ0) is 10.6. The topological polar surface area (TPSA) is 72.8 Å². The molecule has 1 aliphatic heterocycles. The Morgan fingerprint density at radius 2 is 2.14 bits per heavy atom. The summed E-state index contributed by atoms with van der Waals surface area (Å²) in [6, 6.07) is 0. The van der Waals surface area contributed by atoms with E-state index in [-0.39, 0.29) is 12.0 Å². The van der Waals surface area contributed by atoms with Gasteiger partial charge in [-0.1, -0.05) is 13.3 Å². The van der Waals surface area contributed by atoms with Crippen molar-refractivity contribution >= 4 is 11.9 Å². The third-order valence-electron chi connectivity index (χ3n) is 2.28. The van der Waals surface area contributed by atoms with Crippen molar-refractivity contribution in [1.82, 2.24) is 0 Å². The SMILES string of the molecule is CCCC1(COC(=O)C(=O)O)COC1. The molecule has 1 saturated heterocycles. The fourth-order valence-electron chi connectivity index (χ4n) is 1.50. The fraction of sp³-hybridized carbons (Fsp3) is 0.778. The van der Waals surface area contributed by atoms with Crippen molar-refractivity contribution in [1.29, 1.82) is 0 Å². The van der Waals surface area contributed by atoms with Gasteiger partial charge in [-0.2, -0.15) is 0 Å². The first-order chi connectivity index (χ1) is 6.59. The Kier molecular flexibility index (Phi) is 3.46. The highest BCUT2D eigenvalue weighted by molar-refractivity contribution is 6.28. The summed E-state index contributed by atoms with van der Waals surface area (Å²) < 4.78 is 9.69. The number of rotatable bonds is 4. The van der Waals surface area contributed by atoms with Crippen LogP contribution in [0.5, 0.6) is 0 Å². The van der Waals surface area contributed by atoms with Gasteiger partial charge < -0.3 is 14.6 Å². The minimum atomic E-state index is -1.54. The van der Waals surface area contributed by atoms with Crippen LogP contribution in [0.25, 0.3) is 0 Å². The molecule has 80 valence electrons. The minimum absolute atomic E-state index is 0.139. The molecule has 1 fully saturated rings. The summed E-state index contributed by atoms with van der Waals surface area (Å²) >= 11 is 0. The van der Waals surface area contributed by atoms with Gasteiger partial charge in [0.15, 0.2) is 0 Å². The summed E-state index contributed by atoms with van der Waals surface area (Å²) in [6.07, 6.45) is 1.86. The molecule has 1 aliphatic rings. The van der Waals surface area contributed by atoms with Crippen LogP contribution in [0.3, 0.4) is 0 Å². The zero-order valence-electron chi connectivity index (χ0n) is 8.12. The highest BCUT2D eigenvalue weighted by Crippen LogP contribution is 2.32. The largest absolute Gasteiger partial charge is 0.473 e. The van der Waals surface area contributed by atoms with Gasteiger partial charge in [0.2, 0.25) is 0 Å². The molecule has 0 bridgehead atoms. The monoisotopic (exact) mass is 202 g/mol. The third-order valence-corrected chi connectivity index (χ3v) is 2.28. The first kappa shape index (κ1) is 11.0. The number of aliphatic carboxylic acids is 1. The maximum atomic E-state index is 10.7. The van der Waals surface area contributed by atoms with Crippen LogP contribution in [0.2, 0.25) is 0 Å². The van der Waals surface area contributed by atoms with Crippen LogP contribution in [-0.4, -0.2) is 36.9 Å². The van der Waals surface area contributed by atoms with Gasteiger partial charge in [-0.25, -0.2) is 9.59 Å². The van der Waals surface area contributed by atoms with Crippen LogP contribution >= 0.6 is 0 Å². The Balaban J connectivity index is 2.34. The molecule has 0 saturated carbocycles. The number of carboxylic acids is 1. The van der Waals surface area contributed by atoms with E-state index in [1.807, 2.05) is 6.92 Å². The molecule has 1 N–H and O–H groups in total. The second kappa shape index (κ2) is 4.41. The van der Waals surface area contributed by atoms with E-state index in [2.05, 4.69) is 4.74 Å². The Morgan fingerprint density at radius 1 is 1.50 bits per heavy atom. The Morgan fingerprint density at radius 3 is 2.50 bits per heavy atom. The van der Waals surface area contributed by atoms with Gasteiger partial charge >= 0.3 is 11.9 Å². The molecule has 0 aromatic carbocycles. The van der Waals surface area contributed by atoms with Gasteiger partial charge in [0.25, 0.3) is 0 Å². The van der Waals surface area contributed by atoms with E-state index in [9.17, 15) is 9.59 Å². The van der Waals surface area contributed by atoms with Gasteiger partial charge in [0.1, 0.15) is 6.61 Å². The van der Waals surface area contributed by atoms with Crippen LogP contribution in [0.15, 0.2) is 0 Å². The Hall–Kier alpha value is -1.10. The summed E-state index contributed by atoms with van der Waals surface area (Å²) in [4.78, 5) is 20.8. The van der Waals surface area contributed by atoms with Gasteiger partial charge in [-0.3, -0.25) is 0 Å². The number of ether oxygens (including phenoxy) is 2. The molecule has 1 rings (SSSR count). The van der Waals surface area contributed by atoms with Gasteiger partial charge in [0, 0.05) is 0 Å². The predicted octanol–water partition coefficient (Wildman–Crippen LogP) is 0.431. The van der Waals surface area contributed by atoms with E-state index >= 15 is 0 Å². The molecule has 0 radical (unpaired) electrons. The lowest BCUT2D eigenvalue weighted by Gasteiger charge is -2.40. The van der Waals surface area contributed by atoms with Crippen LogP contribution in [0, 0.1) is 5.41 Å². The number of hydrogen-bond acceptors (Lipinski definition) is 4. The second-order valence-electron chi connectivity index (χ2n) is 3.62. The lowest BCUT2D eigenvalue weighted by atomic mass is 9.82. The molecule has 0 spiro atoms. The van der Waals surface area contributed by atoms with Crippen molar-refractivity contribution < 1.29 is 24.2 Å². The van der Waals surface area contributed by atoms with Gasteiger partial charge in [0.05, 0.1) is 18.6 Å². The molecule has 0 amide bonds. The maximum absolute atomic E-state index is 10.7. The first-order valence-corrected chi connectivity index (χ1v) is 4.57. The molecular weight excluding hydrogens is 188 g/mol. The lowest BCUT2D eigenvalue weighted by Crippen LogP contribution is -2.47. The van der Waals surface area contributed by atoms with E-state index in [4.69, 9.17) is 9.84 Å². The molecule has 5 nitrogen and oxygen atoms in total.